The summed E-state index contributed by atoms with van der Waals surface area (Å²) in [5, 5.41) is 9.97. The summed E-state index contributed by atoms with van der Waals surface area (Å²) < 4.78 is 0.684. The molecular weight excluding hydrogens is 335 g/mol. The van der Waals surface area contributed by atoms with E-state index < -0.39 is 5.60 Å². The minimum Gasteiger partial charge on any atom is -0.386 e. The van der Waals surface area contributed by atoms with Crippen LogP contribution in [0.5, 0.6) is 0 Å². The van der Waals surface area contributed by atoms with Gasteiger partial charge in [0.2, 0.25) is 0 Å². The highest BCUT2D eigenvalue weighted by Gasteiger charge is 2.20. The first-order valence-corrected chi connectivity index (χ1v) is 7.93. The maximum absolute atomic E-state index is 9.97. The third kappa shape index (κ3) is 4.54. The zero-order chi connectivity index (χ0) is 13.9. The van der Waals surface area contributed by atoms with Gasteiger partial charge in [-0.25, -0.2) is 0 Å². The quantitative estimate of drug-likeness (QED) is 0.587. The van der Waals surface area contributed by atoms with Crippen molar-refractivity contribution >= 4 is 22.6 Å². The lowest BCUT2D eigenvalue weighted by molar-refractivity contribution is 0.0786. The number of rotatable bonds is 5. The van der Waals surface area contributed by atoms with Crippen molar-refractivity contribution in [2.75, 3.05) is 0 Å². The van der Waals surface area contributed by atoms with Crippen LogP contribution in [-0.4, -0.2) is 9.03 Å². The highest BCUT2D eigenvalue weighted by molar-refractivity contribution is 14.1. The normalized spacial score (nSPS) is 15.8. The molecule has 1 aromatic rings. The maximum Gasteiger partial charge on any atom is 0.0840 e. The van der Waals surface area contributed by atoms with Gasteiger partial charge >= 0.3 is 0 Å². The Bertz CT molecular complexity index is 360. The van der Waals surface area contributed by atoms with Crippen molar-refractivity contribution in [3.05, 3.63) is 35.4 Å². The van der Waals surface area contributed by atoms with Crippen LogP contribution in [0, 0.1) is 5.92 Å². The van der Waals surface area contributed by atoms with E-state index in [4.69, 9.17) is 0 Å². The minimum atomic E-state index is -0.748. The van der Waals surface area contributed by atoms with Gasteiger partial charge in [-0.05, 0) is 43.2 Å². The van der Waals surface area contributed by atoms with Gasteiger partial charge in [0.25, 0.3) is 0 Å². The van der Waals surface area contributed by atoms with E-state index in [0.29, 0.717) is 15.8 Å². The van der Waals surface area contributed by atoms with Gasteiger partial charge in [0.05, 0.1) is 5.60 Å². The predicted octanol–water partition coefficient (Wildman–Crippen LogP) is 4.87. The molecule has 18 heavy (non-hydrogen) atoms. The average molecular weight is 360 g/mol. The summed E-state index contributed by atoms with van der Waals surface area (Å²) in [6.07, 6.45) is 1.21. The monoisotopic (exact) mass is 360 g/mol. The Morgan fingerprint density at radius 1 is 1.11 bits per heavy atom. The molecule has 0 heterocycles. The lowest BCUT2D eigenvalue weighted by Crippen LogP contribution is -2.16. The smallest absolute Gasteiger partial charge is 0.0840 e. The van der Waals surface area contributed by atoms with Crippen molar-refractivity contribution in [2.24, 2.45) is 5.92 Å². The molecule has 1 aromatic carbocycles. The molecule has 0 spiro atoms. The zero-order valence-electron chi connectivity index (χ0n) is 12.1. The third-order valence-electron chi connectivity index (χ3n) is 3.43. The standard InChI is InChI=1S/C16H25IO/c1-11(2)15(10-12(3)17)13-6-8-14(9-7-13)16(4,5)18/h6-9,11-12,15,18H,10H2,1-5H3. The van der Waals surface area contributed by atoms with Gasteiger partial charge in [0.15, 0.2) is 0 Å². The Hall–Kier alpha value is -0.0900. The van der Waals surface area contributed by atoms with Crippen LogP contribution in [0.3, 0.4) is 0 Å². The number of benzene rings is 1. The molecule has 0 aromatic heterocycles. The van der Waals surface area contributed by atoms with Crippen molar-refractivity contribution in [2.45, 2.75) is 56.5 Å². The fourth-order valence-electron chi connectivity index (χ4n) is 2.28. The molecular formula is C16H25IO. The van der Waals surface area contributed by atoms with Crippen molar-refractivity contribution in [1.29, 1.82) is 0 Å². The fourth-order valence-corrected chi connectivity index (χ4v) is 2.83. The van der Waals surface area contributed by atoms with Gasteiger partial charge in [0, 0.05) is 3.92 Å². The van der Waals surface area contributed by atoms with E-state index in [9.17, 15) is 5.11 Å². The molecule has 0 aliphatic rings. The van der Waals surface area contributed by atoms with E-state index >= 15 is 0 Å². The molecule has 2 atom stereocenters. The first-order chi connectivity index (χ1) is 8.21. The predicted molar refractivity (Wildman–Crippen MR) is 87.4 cm³/mol. The first-order valence-electron chi connectivity index (χ1n) is 6.68. The number of hydrogen-bond acceptors (Lipinski definition) is 1. The topological polar surface area (TPSA) is 20.2 Å². The van der Waals surface area contributed by atoms with E-state index in [1.54, 1.807) is 0 Å². The summed E-state index contributed by atoms with van der Waals surface area (Å²) in [5.74, 6) is 1.25. The SMILES string of the molecule is CC(I)CC(c1ccc(C(C)(C)O)cc1)C(C)C. The molecule has 2 heteroatoms. The number of hydrogen-bond donors (Lipinski definition) is 1. The second kappa shape index (κ2) is 6.38. The Balaban J connectivity index is 2.94. The van der Waals surface area contributed by atoms with E-state index in [1.807, 2.05) is 13.8 Å². The summed E-state index contributed by atoms with van der Waals surface area (Å²) >= 11 is 2.50. The van der Waals surface area contributed by atoms with Gasteiger partial charge in [-0.3, -0.25) is 0 Å². The molecule has 102 valence electrons. The van der Waals surface area contributed by atoms with Crippen molar-refractivity contribution < 1.29 is 5.11 Å². The molecule has 0 saturated carbocycles. The highest BCUT2D eigenvalue weighted by Crippen LogP contribution is 2.32. The number of halogens is 1. The van der Waals surface area contributed by atoms with Crippen molar-refractivity contribution in [3.63, 3.8) is 0 Å². The van der Waals surface area contributed by atoms with Gasteiger partial charge in [-0.1, -0.05) is 67.6 Å². The molecule has 0 amide bonds. The van der Waals surface area contributed by atoms with E-state index in [2.05, 4.69) is 67.6 Å². The molecule has 0 aliphatic carbocycles. The van der Waals surface area contributed by atoms with Crippen LogP contribution in [0.2, 0.25) is 0 Å². The Kier molecular flexibility index (Phi) is 5.66. The van der Waals surface area contributed by atoms with E-state index in [0.717, 1.165) is 5.56 Å². The zero-order valence-corrected chi connectivity index (χ0v) is 14.2. The summed E-state index contributed by atoms with van der Waals surface area (Å²) in [6.45, 7) is 10.5. The van der Waals surface area contributed by atoms with Crippen LogP contribution in [-0.2, 0) is 5.60 Å². The minimum absolute atomic E-state index is 0.604. The summed E-state index contributed by atoms with van der Waals surface area (Å²) in [5.41, 5.74) is 1.63. The Morgan fingerprint density at radius 2 is 1.61 bits per heavy atom. The van der Waals surface area contributed by atoms with Crippen molar-refractivity contribution in [3.8, 4) is 0 Å². The lowest BCUT2D eigenvalue weighted by atomic mass is 9.84. The van der Waals surface area contributed by atoms with Gasteiger partial charge in [-0.2, -0.15) is 0 Å². The molecule has 1 nitrogen and oxygen atoms in total. The Morgan fingerprint density at radius 3 is 1.94 bits per heavy atom. The number of alkyl halides is 1. The molecule has 0 aliphatic heterocycles. The Labute approximate surface area is 125 Å². The van der Waals surface area contributed by atoms with Crippen LogP contribution >= 0.6 is 22.6 Å². The van der Waals surface area contributed by atoms with E-state index in [1.165, 1.54) is 12.0 Å². The first kappa shape index (κ1) is 16.0. The third-order valence-corrected chi connectivity index (χ3v) is 3.94. The average Bonchev–Trinajstić information content (AvgIpc) is 2.24. The fraction of sp³-hybridized carbons (Fsp3) is 0.625. The van der Waals surface area contributed by atoms with Gasteiger partial charge < -0.3 is 5.11 Å². The molecule has 1 rings (SSSR count). The summed E-state index contributed by atoms with van der Waals surface area (Å²) in [7, 11) is 0. The molecule has 1 N–H and O–H groups in total. The summed E-state index contributed by atoms with van der Waals surface area (Å²) in [4.78, 5) is 0. The molecule has 2 unspecified atom stereocenters. The van der Waals surface area contributed by atoms with Crippen LogP contribution < -0.4 is 0 Å². The van der Waals surface area contributed by atoms with Crippen LogP contribution in [0.25, 0.3) is 0 Å². The van der Waals surface area contributed by atoms with Gasteiger partial charge in [0.1, 0.15) is 0 Å². The van der Waals surface area contributed by atoms with E-state index in [-0.39, 0.29) is 0 Å². The van der Waals surface area contributed by atoms with Crippen LogP contribution in [0.15, 0.2) is 24.3 Å². The second-order valence-electron chi connectivity index (χ2n) is 6.05. The lowest BCUT2D eigenvalue weighted by Gasteiger charge is -2.24. The molecule has 0 fully saturated rings. The number of aliphatic hydroxyl groups is 1. The van der Waals surface area contributed by atoms with Crippen molar-refractivity contribution in [1.82, 2.24) is 0 Å². The van der Waals surface area contributed by atoms with Gasteiger partial charge in [-0.15, -0.1) is 0 Å². The largest absolute Gasteiger partial charge is 0.386 e. The summed E-state index contributed by atoms with van der Waals surface area (Å²) in [6, 6.07) is 8.47. The molecule has 0 bridgehead atoms. The molecule has 0 radical (unpaired) electrons. The van der Waals surface area contributed by atoms with Crippen LogP contribution in [0.4, 0.5) is 0 Å². The van der Waals surface area contributed by atoms with Crippen LogP contribution in [0.1, 0.15) is 58.1 Å². The molecule has 0 saturated heterocycles. The highest BCUT2D eigenvalue weighted by atomic mass is 127. The maximum atomic E-state index is 9.97. The second-order valence-corrected chi connectivity index (χ2v) is 8.17.